The Labute approximate surface area is 114 Å². The topological polar surface area (TPSA) is 53.7 Å². The van der Waals surface area contributed by atoms with Crippen LogP contribution in [0, 0.1) is 12.8 Å². The third-order valence-corrected chi connectivity index (χ3v) is 3.91. The van der Waals surface area contributed by atoms with E-state index in [0.717, 1.165) is 43.6 Å². The maximum absolute atomic E-state index is 12.2. The number of amides is 1. The van der Waals surface area contributed by atoms with E-state index in [2.05, 4.69) is 0 Å². The summed E-state index contributed by atoms with van der Waals surface area (Å²) in [4.78, 5) is 14.0. The van der Waals surface area contributed by atoms with Crippen molar-refractivity contribution in [2.24, 2.45) is 5.92 Å². The second-order valence-electron chi connectivity index (χ2n) is 5.53. The number of carbonyl (C=O) groups excluding carboxylic acids is 1. The molecule has 1 amide bonds. The summed E-state index contributed by atoms with van der Waals surface area (Å²) < 4.78 is 5.50. The standard InChI is InChI=1S/C15H23NO3/c1-11-3-8-14(19-11)9-10-16(2)15(18)12-4-6-13(17)7-5-12/h3,8,12-13,17H,4-7,9-10H2,1-2H3. The number of hydrogen-bond acceptors (Lipinski definition) is 3. The summed E-state index contributed by atoms with van der Waals surface area (Å²) >= 11 is 0. The first kappa shape index (κ1) is 14.1. The minimum atomic E-state index is -0.208. The normalized spacial score (nSPS) is 23.3. The molecule has 1 heterocycles. The number of likely N-dealkylation sites (N-methyl/N-ethyl adjacent to an activating group) is 1. The molecule has 0 spiro atoms. The molecule has 1 fully saturated rings. The highest BCUT2D eigenvalue weighted by molar-refractivity contribution is 5.78. The van der Waals surface area contributed by atoms with E-state index in [0.29, 0.717) is 6.54 Å². The summed E-state index contributed by atoms with van der Waals surface area (Å²) in [7, 11) is 1.85. The van der Waals surface area contributed by atoms with Crippen molar-refractivity contribution in [2.75, 3.05) is 13.6 Å². The number of aliphatic hydroxyl groups is 1. The molecule has 2 rings (SSSR count). The molecule has 0 radical (unpaired) electrons. The third kappa shape index (κ3) is 3.83. The first-order valence-corrected chi connectivity index (χ1v) is 7.04. The molecule has 0 atom stereocenters. The van der Waals surface area contributed by atoms with Gasteiger partial charge in [0.1, 0.15) is 11.5 Å². The molecule has 0 aromatic carbocycles. The summed E-state index contributed by atoms with van der Waals surface area (Å²) in [5, 5.41) is 9.46. The summed E-state index contributed by atoms with van der Waals surface area (Å²) in [6.45, 7) is 2.61. The van der Waals surface area contributed by atoms with Crippen molar-refractivity contribution >= 4 is 5.91 Å². The summed E-state index contributed by atoms with van der Waals surface area (Å²) in [6, 6.07) is 3.91. The Morgan fingerprint density at radius 3 is 2.63 bits per heavy atom. The second-order valence-corrected chi connectivity index (χ2v) is 5.53. The average Bonchev–Trinajstić information content (AvgIpc) is 2.82. The van der Waals surface area contributed by atoms with Crippen molar-refractivity contribution in [1.29, 1.82) is 0 Å². The second kappa shape index (κ2) is 6.24. The van der Waals surface area contributed by atoms with Gasteiger partial charge in [0.05, 0.1) is 6.10 Å². The zero-order valence-corrected chi connectivity index (χ0v) is 11.8. The minimum absolute atomic E-state index is 0.0896. The van der Waals surface area contributed by atoms with Crippen LogP contribution in [0.15, 0.2) is 16.5 Å². The maximum atomic E-state index is 12.2. The molecule has 0 saturated heterocycles. The van der Waals surface area contributed by atoms with Gasteiger partial charge in [-0.3, -0.25) is 4.79 Å². The molecular weight excluding hydrogens is 242 g/mol. The summed E-state index contributed by atoms with van der Waals surface area (Å²) in [5.74, 6) is 2.13. The van der Waals surface area contributed by atoms with Crippen molar-refractivity contribution in [3.8, 4) is 0 Å². The smallest absolute Gasteiger partial charge is 0.225 e. The van der Waals surface area contributed by atoms with Crippen LogP contribution in [0.25, 0.3) is 0 Å². The molecule has 0 aliphatic heterocycles. The molecule has 1 aliphatic rings. The highest BCUT2D eigenvalue weighted by Crippen LogP contribution is 2.25. The van der Waals surface area contributed by atoms with E-state index in [-0.39, 0.29) is 17.9 Å². The molecule has 106 valence electrons. The van der Waals surface area contributed by atoms with E-state index < -0.39 is 0 Å². The van der Waals surface area contributed by atoms with Gasteiger partial charge >= 0.3 is 0 Å². The van der Waals surface area contributed by atoms with Gasteiger partial charge in [-0.25, -0.2) is 0 Å². The Balaban J connectivity index is 1.79. The van der Waals surface area contributed by atoms with Crippen molar-refractivity contribution in [1.82, 2.24) is 4.90 Å². The molecule has 1 saturated carbocycles. The molecule has 0 unspecified atom stereocenters. The maximum Gasteiger partial charge on any atom is 0.225 e. The van der Waals surface area contributed by atoms with Crippen LogP contribution in [0.5, 0.6) is 0 Å². The van der Waals surface area contributed by atoms with Crippen molar-refractivity contribution in [3.63, 3.8) is 0 Å². The van der Waals surface area contributed by atoms with Crippen molar-refractivity contribution < 1.29 is 14.3 Å². The molecule has 1 aromatic rings. The fraction of sp³-hybridized carbons (Fsp3) is 0.667. The van der Waals surface area contributed by atoms with Gasteiger partial charge in [-0.15, -0.1) is 0 Å². The molecule has 19 heavy (non-hydrogen) atoms. The third-order valence-electron chi connectivity index (χ3n) is 3.91. The SMILES string of the molecule is Cc1ccc(CCN(C)C(=O)C2CCC(O)CC2)o1. The Morgan fingerprint density at radius 1 is 1.37 bits per heavy atom. The van der Waals surface area contributed by atoms with Gasteiger partial charge in [0.15, 0.2) is 0 Å². The van der Waals surface area contributed by atoms with Crippen LogP contribution in [-0.2, 0) is 11.2 Å². The largest absolute Gasteiger partial charge is 0.466 e. The Kier molecular flexibility index (Phi) is 4.64. The zero-order chi connectivity index (χ0) is 13.8. The van der Waals surface area contributed by atoms with Crippen LogP contribution < -0.4 is 0 Å². The molecule has 1 N–H and O–H groups in total. The Morgan fingerprint density at radius 2 is 2.05 bits per heavy atom. The highest BCUT2D eigenvalue weighted by Gasteiger charge is 2.27. The van der Waals surface area contributed by atoms with E-state index in [4.69, 9.17) is 4.42 Å². The predicted molar refractivity (Wildman–Crippen MR) is 72.8 cm³/mol. The van der Waals surface area contributed by atoms with Crippen LogP contribution >= 0.6 is 0 Å². The molecule has 0 bridgehead atoms. The molecule has 4 nitrogen and oxygen atoms in total. The van der Waals surface area contributed by atoms with Crippen LogP contribution in [0.3, 0.4) is 0 Å². The van der Waals surface area contributed by atoms with Gasteiger partial charge in [0.2, 0.25) is 5.91 Å². The number of rotatable bonds is 4. The lowest BCUT2D eigenvalue weighted by Gasteiger charge is -2.28. The van der Waals surface area contributed by atoms with E-state index in [1.165, 1.54) is 0 Å². The number of furan rings is 1. The quantitative estimate of drug-likeness (QED) is 0.907. The van der Waals surface area contributed by atoms with Crippen molar-refractivity contribution in [3.05, 3.63) is 23.7 Å². The van der Waals surface area contributed by atoms with Gasteiger partial charge in [0.25, 0.3) is 0 Å². The van der Waals surface area contributed by atoms with Crippen LogP contribution in [0.1, 0.15) is 37.2 Å². The first-order chi connectivity index (χ1) is 9.06. The van der Waals surface area contributed by atoms with E-state index in [9.17, 15) is 9.90 Å². The van der Waals surface area contributed by atoms with Crippen LogP contribution in [0.4, 0.5) is 0 Å². The molecule has 1 aromatic heterocycles. The van der Waals surface area contributed by atoms with Crippen LogP contribution in [0.2, 0.25) is 0 Å². The van der Waals surface area contributed by atoms with E-state index >= 15 is 0 Å². The minimum Gasteiger partial charge on any atom is -0.466 e. The average molecular weight is 265 g/mol. The van der Waals surface area contributed by atoms with Gasteiger partial charge in [-0.2, -0.15) is 0 Å². The van der Waals surface area contributed by atoms with Crippen LogP contribution in [-0.4, -0.2) is 35.6 Å². The summed E-state index contributed by atoms with van der Waals surface area (Å²) in [5.41, 5.74) is 0. The van der Waals surface area contributed by atoms with E-state index in [1.54, 1.807) is 4.90 Å². The molecule has 1 aliphatic carbocycles. The number of hydrogen-bond donors (Lipinski definition) is 1. The zero-order valence-electron chi connectivity index (χ0n) is 11.8. The number of carbonyl (C=O) groups is 1. The Bertz CT molecular complexity index is 419. The fourth-order valence-electron chi connectivity index (χ4n) is 2.64. The number of aliphatic hydroxyl groups excluding tert-OH is 1. The monoisotopic (exact) mass is 265 g/mol. The lowest BCUT2D eigenvalue weighted by Crippen LogP contribution is -2.36. The van der Waals surface area contributed by atoms with Gasteiger partial charge in [-0.1, -0.05) is 0 Å². The first-order valence-electron chi connectivity index (χ1n) is 7.04. The number of aryl methyl sites for hydroxylation is 1. The fourth-order valence-corrected chi connectivity index (χ4v) is 2.64. The number of nitrogens with zero attached hydrogens (tertiary/aromatic N) is 1. The van der Waals surface area contributed by atoms with Gasteiger partial charge in [-0.05, 0) is 44.7 Å². The summed E-state index contributed by atoms with van der Waals surface area (Å²) in [6.07, 6.45) is 3.67. The lowest BCUT2D eigenvalue weighted by atomic mass is 9.86. The van der Waals surface area contributed by atoms with E-state index in [1.807, 2.05) is 26.1 Å². The Hall–Kier alpha value is -1.29. The van der Waals surface area contributed by atoms with Gasteiger partial charge in [0, 0.05) is 25.9 Å². The predicted octanol–water partition coefficient (Wildman–Crippen LogP) is 2.14. The molecule has 4 heteroatoms. The highest BCUT2D eigenvalue weighted by atomic mass is 16.3. The molecular formula is C15H23NO3. The van der Waals surface area contributed by atoms with Crippen molar-refractivity contribution in [2.45, 2.75) is 45.1 Å². The lowest BCUT2D eigenvalue weighted by molar-refractivity contribution is -0.135. The van der Waals surface area contributed by atoms with Gasteiger partial charge < -0.3 is 14.4 Å².